The molecular formula is C9H8F2O2. The van der Waals surface area contributed by atoms with Crippen LogP contribution >= 0.6 is 0 Å². The SMILES string of the molecule is Cc1cccc(C(F)(F)C(=O)O)c1. The van der Waals surface area contributed by atoms with Crippen molar-refractivity contribution in [3.8, 4) is 0 Å². The number of benzene rings is 1. The minimum absolute atomic E-state index is 0.486. The molecule has 0 aromatic heterocycles. The molecule has 0 aliphatic heterocycles. The predicted molar refractivity (Wildman–Crippen MR) is 42.7 cm³/mol. The molecule has 0 amide bonds. The zero-order chi connectivity index (χ0) is 10.1. The van der Waals surface area contributed by atoms with E-state index in [1.807, 2.05) is 0 Å². The van der Waals surface area contributed by atoms with Crippen molar-refractivity contribution in [2.45, 2.75) is 12.8 Å². The van der Waals surface area contributed by atoms with Gasteiger partial charge in [0.25, 0.3) is 0 Å². The predicted octanol–water partition coefficient (Wildman–Crippen LogP) is 2.17. The Morgan fingerprint density at radius 1 is 1.46 bits per heavy atom. The van der Waals surface area contributed by atoms with Gasteiger partial charge in [-0.1, -0.05) is 23.8 Å². The van der Waals surface area contributed by atoms with Gasteiger partial charge < -0.3 is 5.11 Å². The molecule has 4 heteroatoms. The quantitative estimate of drug-likeness (QED) is 0.768. The van der Waals surface area contributed by atoms with Crippen LogP contribution in [0.3, 0.4) is 0 Å². The van der Waals surface area contributed by atoms with Crippen LogP contribution in [-0.2, 0) is 10.7 Å². The summed E-state index contributed by atoms with van der Waals surface area (Å²) >= 11 is 0. The molecular weight excluding hydrogens is 178 g/mol. The van der Waals surface area contributed by atoms with Crippen LogP contribution in [0.5, 0.6) is 0 Å². The van der Waals surface area contributed by atoms with E-state index < -0.39 is 17.5 Å². The molecule has 13 heavy (non-hydrogen) atoms. The second-order valence-electron chi connectivity index (χ2n) is 2.75. The van der Waals surface area contributed by atoms with Crippen molar-refractivity contribution in [1.29, 1.82) is 0 Å². The van der Waals surface area contributed by atoms with Crippen molar-refractivity contribution in [1.82, 2.24) is 0 Å². The number of hydrogen-bond donors (Lipinski definition) is 1. The summed E-state index contributed by atoms with van der Waals surface area (Å²) in [6, 6.07) is 5.29. The Balaban J connectivity index is 3.14. The van der Waals surface area contributed by atoms with E-state index in [4.69, 9.17) is 5.11 Å². The van der Waals surface area contributed by atoms with Crippen LogP contribution in [0.2, 0.25) is 0 Å². The van der Waals surface area contributed by atoms with Crippen molar-refractivity contribution < 1.29 is 18.7 Å². The van der Waals surface area contributed by atoms with Crippen LogP contribution in [0, 0.1) is 6.92 Å². The smallest absolute Gasteiger partial charge is 0.379 e. The Bertz CT molecular complexity index is 334. The molecule has 0 bridgehead atoms. The first-order chi connectivity index (χ1) is 5.94. The summed E-state index contributed by atoms with van der Waals surface area (Å²) in [7, 11) is 0. The Kier molecular flexibility index (Phi) is 2.32. The highest BCUT2D eigenvalue weighted by molar-refractivity contribution is 5.77. The highest BCUT2D eigenvalue weighted by Gasteiger charge is 2.40. The number of carboxylic acids is 1. The third-order valence-corrected chi connectivity index (χ3v) is 1.65. The summed E-state index contributed by atoms with van der Waals surface area (Å²) < 4.78 is 25.7. The lowest BCUT2D eigenvalue weighted by Gasteiger charge is -2.11. The second-order valence-corrected chi connectivity index (χ2v) is 2.75. The minimum atomic E-state index is -3.80. The monoisotopic (exact) mass is 186 g/mol. The topological polar surface area (TPSA) is 37.3 Å². The molecule has 0 saturated heterocycles. The van der Waals surface area contributed by atoms with E-state index in [1.54, 1.807) is 13.0 Å². The van der Waals surface area contributed by atoms with Gasteiger partial charge >= 0.3 is 11.9 Å². The lowest BCUT2D eigenvalue weighted by atomic mass is 10.1. The van der Waals surface area contributed by atoms with E-state index >= 15 is 0 Å². The number of alkyl halides is 2. The summed E-state index contributed by atoms with van der Waals surface area (Å²) in [5, 5.41) is 8.24. The first kappa shape index (κ1) is 9.64. The Labute approximate surface area is 73.8 Å². The van der Waals surface area contributed by atoms with Gasteiger partial charge in [0.2, 0.25) is 0 Å². The summed E-state index contributed by atoms with van der Waals surface area (Å²) in [5.74, 6) is -5.93. The number of aryl methyl sites for hydroxylation is 1. The Morgan fingerprint density at radius 3 is 2.54 bits per heavy atom. The fourth-order valence-electron chi connectivity index (χ4n) is 0.964. The van der Waals surface area contributed by atoms with E-state index in [0.29, 0.717) is 5.56 Å². The molecule has 0 aliphatic rings. The number of rotatable bonds is 2. The lowest BCUT2D eigenvalue weighted by Crippen LogP contribution is -2.25. The normalized spacial score (nSPS) is 11.3. The molecule has 0 aliphatic carbocycles. The second kappa shape index (κ2) is 3.12. The van der Waals surface area contributed by atoms with Crippen molar-refractivity contribution >= 4 is 5.97 Å². The van der Waals surface area contributed by atoms with E-state index in [-0.39, 0.29) is 0 Å². The molecule has 1 aromatic carbocycles. The van der Waals surface area contributed by atoms with Crippen LogP contribution < -0.4 is 0 Å². The number of halogens is 2. The van der Waals surface area contributed by atoms with Crippen molar-refractivity contribution in [2.24, 2.45) is 0 Å². The van der Waals surface area contributed by atoms with E-state index in [0.717, 1.165) is 12.1 Å². The zero-order valence-corrected chi connectivity index (χ0v) is 6.92. The van der Waals surface area contributed by atoms with Gasteiger partial charge in [-0.05, 0) is 13.0 Å². The Morgan fingerprint density at radius 2 is 2.08 bits per heavy atom. The first-order valence-electron chi connectivity index (χ1n) is 3.63. The number of carboxylic acid groups (broad SMARTS) is 1. The van der Waals surface area contributed by atoms with Gasteiger partial charge in [-0.2, -0.15) is 8.78 Å². The molecule has 0 atom stereocenters. The molecule has 0 fully saturated rings. The van der Waals surface area contributed by atoms with Crippen LogP contribution in [-0.4, -0.2) is 11.1 Å². The highest BCUT2D eigenvalue weighted by atomic mass is 19.3. The third kappa shape index (κ3) is 1.83. The van der Waals surface area contributed by atoms with Gasteiger partial charge in [0.1, 0.15) is 0 Å². The molecule has 0 saturated carbocycles. The van der Waals surface area contributed by atoms with E-state index in [9.17, 15) is 13.6 Å². The molecule has 2 nitrogen and oxygen atoms in total. The summed E-state index contributed by atoms with van der Waals surface area (Å²) in [6.07, 6.45) is 0. The number of aliphatic carboxylic acids is 1. The minimum Gasteiger partial charge on any atom is -0.477 e. The standard InChI is InChI=1S/C9H8F2O2/c1-6-3-2-4-7(5-6)9(10,11)8(12)13/h2-5H,1H3,(H,12,13). The van der Waals surface area contributed by atoms with Gasteiger partial charge in [-0.3, -0.25) is 0 Å². The molecule has 0 radical (unpaired) electrons. The van der Waals surface area contributed by atoms with Gasteiger partial charge in [0, 0.05) is 5.56 Å². The van der Waals surface area contributed by atoms with Gasteiger partial charge in [0.05, 0.1) is 0 Å². The first-order valence-corrected chi connectivity index (χ1v) is 3.63. The van der Waals surface area contributed by atoms with E-state index in [2.05, 4.69) is 0 Å². The van der Waals surface area contributed by atoms with Crippen LogP contribution in [0.25, 0.3) is 0 Å². The lowest BCUT2D eigenvalue weighted by molar-refractivity contribution is -0.166. The zero-order valence-electron chi connectivity index (χ0n) is 6.92. The summed E-state index contributed by atoms with van der Waals surface area (Å²) in [6.45, 7) is 1.63. The largest absolute Gasteiger partial charge is 0.477 e. The summed E-state index contributed by atoms with van der Waals surface area (Å²) in [5.41, 5.74) is 0.124. The van der Waals surface area contributed by atoms with Crippen LogP contribution in [0.15, 0.2) is 24.3 Å². The molecule has 0 heterocycles. The molecule has 70 valence electrons. The molecule has 0 unspecified atom stereocenters. The number of hydrogen-bond acceptors (Lipinski definition) is 1. The summed E-state index contributed by atoms with van der Waals surface area (Å²) in [4.78, 5) is 10.2. The fourth-order valence-corrected chi connectivity index (χ4v) is 0.964. The molecule has 0 spiro atoms. The third-order valence-electron chi connectivity index (χ3n) is 1.65. The Hall–Kier alpha value is -1.45. The maximum Gasteiger partial charge on any atom is 0.379 e. The molecule has 1 aromatic rings. The maximum atomic E-state index is 12.9. The van der Waals surface area contributed by atoms with Crippen LogP contribution in [0.1, 0.15) is 11.1 Å². The maximum absolute atomic E-state index is 12.9. The van der Waals surface area contributed by atoms with Gasteiger partial charge in [-0.25, -0.2) is 4.79 Å². The fraction of sp³-hybridized carbons (Fsp3) is 0.222. The average molecular weight is 186 g/mol. The van der Waals surface area contributed by atoms with Gasteiger partial charge in [-0.15, -0.1) is 0 Å². The molecule has 1 N–H and O–H groups in total. The highest BCUT2D eigenvalue weighted by Crippen LogP contribution is 2.28. The van der Waals surface area contributed by atoms with E-state index in [1.165, 1.54) is 6.07 Å². The van der Waals surface area contributed by atoms with Crippen LogP contribution in [0.4, 0.5) is 8.78 Å². The average Bonchev–Trinajstić information content (AvgIpc) is 2.04. The van der Waals surface area contributed by atoms with Crippen molar-refractivity contribution in [3.05, 3.63) is 35.4 Å². The van der Waals surface area contributed by atoms with Crippen molar-refractivity contribution in [2.75, 3.05) is 0 Å². The van der Waals surface area contributed by atoms with Gasteiger partial charge in [0.15, 0.2) is 0 Å². The van der Waals surface area contributed by atoms with Crippen molar-refractivity contribution in [3.63, 3.8) is 0 Å². The number of carbonyl (C=O) groups is 1. The molecule has 1 rings (SSSR count).